The van der Waals surface area contributed by atoms with Gasteiger partial charge in [0.25, 0.3) is 11.7 Å². The Hall–Kier alpha value is -1.14. The number of carbonyl (C=O) groups excluding carboxylic acids is 1. The number of carbonyl (C=O) groups is 1. The van der Waals surface area contributed by atoms with Crippen molar-refractivity contribution in [1.29, 1.82) is 0 Å². The van der Waals surface area contributed by atoms with Crippen LogP contribution in [0.1, 0.15) is 17.3 Å². The van der Waals surface area contributed by atoms with E-state index in [2.05, 4.69) is 5.32 Å². The Morgan fingerprint density at radius 3 is 2.68 bits per heavy atom. The van der Waals surface area contributed by atoms with E-state index in [9.17, 15) is 13.6 Å². The van der Waals surface area contributed by atoms with Crippen LogP contribution in [0.2, 0.25) is 0 Å². The molecule has 19 heavy (non-hydrogen) atoms. The van der Waals surface area contributed by atoms with E-state index in [0.717, 1.165) is 6.54 Å². The molecule has 1 saturated heterocycles. The van der Waals surface area contributed by atoms with Gasteiger partial charge in [0.15, 0.2) is 0 Å². The predicted octanol–water partition coefficient (Wildman–Crippen LogP) is 2.44. The normalized spacial score (nSPS) is 19.8. The number of amides is 1. The number of thioether (sulfide) groups is 1. The third-order valence-corrected chi connectivity index (χ3v) is 3.70. The molecular formula is C13H16F2N2OS. The Morgan fingerprint density at radius 1 is 1.42 bits per heavy atom. The van der Waals surface area contributed by atoms with Gasteiger partial charge in [-0.1, -0.05) is 11.8 Å². The van der Waals surface area contributed by atoms with Crippen molar-refractivity contribution < 1.29 is 13.6 Å². The highest BCUT2D eigenvalue weighted by Crippen LogP contribution is 2.25. The summed E-state index contributed by atoms with van der Waals surface area (Å²) in [7, 11) is 0. The first-order chi connectivity index (χ1) is 9.06. The maximum absolute atomic E-state index is 12.2. The first-order valence-corrected chi connectivity index (χ1v) is 7.02. The zero-order valence-electron chi connectivity index (χ0n) is 10.6. The molecule has 0 radical (unpaired) electrons. The van der Waals surface area contributed by atoms with Crippen LogP contribution in [0, 0.1) is 0 Å². The summed E-state index contributed by atoms with van der Waals surface area (Å²) in [5.41, 5.74) is 0.549. The standard InChI is InChI=1S/C13H16F2N2OS/c1-9-8-17(7-6-16-9)12(18)10-2-4-11(5-3-10)19-13(14)15/h2-5,9,13,16H,6-8H2,1H3. The monoisotopic (exact) mass is 286 g/mol. The molecule has 0 aromatic heterocycles. The highest BCUT2D eigenvalue weighted by atomic mass is 32.2. The van der Waals surface area contributed by atoms with Gasteiger partial charge in [-0.05, 0) is 31.2 Å². The van der Waals surface area contributed by atoms with E-state index in [0.29, 0.717) is 35.3 Å². The second-order valence-electron chi connectivity index (χ2n) is 4.51. The summed E-state index contributed by atoms with van der Waals surface area (Å²) < 4.78 is 24.4. The number of benzene rings is 1. The molecule has 1 aliphatic rings. The molecule has 0 saturated carbocycles. The van der Waals surface area contributed by atoms with E-state index in [4.69, 9.17) is 0 Å². The fraction of sp³-hybridized carbons (Fsp3) is 0.462. The van der Waals surface area contributed by atoms with Crippen molar-refractivity contribution in [2.75, 3.05) is 19.6 Å². The summed E-state index contributed by atoms with van der Waals surface area (Å²) >= 11 is 0.487. The molecule has 1 aliphatic heterocycles. The lowest BCUT2D eigenvalue weighted by atomic mass is 10.1. The number of nitrogens with one attached hydrogen (secondary N) is 1. The largest absolute Gasteiger partial charge is 0.336 e. The average molecular weight is 286 g/mol. The second kappa shape index (κ2) is 6.34. The number of hydrogen-bond donors (Lipinski definition) is 1. The lowest BCUT2D eigenvalue weighted by Gasteiger charge is -2.32. The lowest BCUT2D eigenvalue weighted by Crippen LogP contribution is -2.51. The molecule has 1 atom stereocenters. The summed E-state index contributed by atoms with van der Waals surface area (Å²) in [5.74, 6) is -2.47. The van der Waals surface area contributed by atoms with Gasteiger partial charge in [0.2, 0.25) is 0 Å². The smallest absolute Gasteiger partial charge is 0.288 e. The Morgan fingerprint density at radius 2 is 2.11 bits per heavy atom. The summed E-state index contributed by atoms with van der Waals surface area (Å²) in [4.78, 5) is 14.5. The van der Waals surface area contributed by atoms with E-state index in [1.807, 2.05) is 6.92 Å². The van der Waals surface area contributed by atoms with Gasteiger partial charge in [0, 0.05) is 36.1 Å². The molecule has 1 heterocycles. The first-order valence-electron chi connectivity index (χ1n) is 6.14. The quantitative estimate of drug-likeness (QED) is 0.866. The zero-order chi connectivity index (χ0) is 13.8. The molecule has 1 unspecified atom stereocenters. The van der Waals surface area contributed by atoms with Crippen LogP contribution in [0.4, 0.5) is 8.78 Å². The molecule has 3 nitrogen and oxygen atoms in total. The Labute approximate surface area is 115 Å². The first kappa shape index (κ1) is 14.3. The maximum Gasteiger partial charge on any atom is 0.288 e. The summed E-state index contributed by atoms with van der Waals surface area (Å²) in [6, 6.07) is 6.64. The molecule has 1 fully saturated rings. The van der Waals surface area contributed by atoms with Crippen molar-refractivity contribution in [1.82, 2.24) is 10.2 Å². The number of halogens is 2. The Balaban J connectivity index is 2.02. The molecule has 0 spiro atoms. The minimum absolute atomic E-state index is 0.0399. The third-order valence-electron chi connectivity index (χ3n) is 2.98. The third kappa shape index (κ3) is 3.91. The Kier molecular flexibility index (Phi) is 4.76. The molecule has 6 heteroatoms. The van der Waals surface area contributed by atoms with Gasteiger partial charge in [-0.2, -0.15) is 8.78 Å². The minimum Gasteiger partial charge on any atom is -0.336 e. The Bertz CT molecular complexity index is 439. The SMILES string of the molecule is CC1CN(C(=O)c2ccc(SC(F)F)cc2)CCN1. The van der Waals surface area contributed by atoms with E-state index in [1.165, 1.54) is 0 Å². The molecule has 104 valence electrons. The number of hydrogen-bond acceptors (Lipinski definition) is 3. The van der Waals surface area contributed by atoms with Gasteiger partial charge in [0.05, 0.1) is 0 Å². The van der Waals surface area contributed by atoms with Crippen molar-refractivity contribution in [3.63, 3.8) is 0 Å². The molecule has 1 aromatic rings. The van der Waals surface area contributed by atoms with Crippen molar-refractivity contribution in [2.45, 2.75) is 23.6 Å². The predicted molar refractivity (Wildman–Crippen MR) is 71.7 cm³/mol. The van der Waals surface area contributed by atoms with Gasteiger partial charge < -0.3 is 10.2 Å². The van der Waals surface area contributed by atoms with Crippen LogP contribution in [-0.4, -0.2) is 42.2 Å². The average Bonchev–Trinajstić information content (AvgIpc) is 2.38. The van der Waals surface area contributed by atoms with Gasteiger partial charge >= 0.3 is 0 Å². The number of nitrogens with zero attached hydrogens (tertiary/aromatic N) is 1. The van der Waals surface area contributed by atoms with Crippen molar-refractivity contribution in [3.05, 3.63) is 29.8 Å². The fourth-order valence-electron chi connectivity index (χ4n) is 2.08. The second-order valence-corrected chi connectivity index (χ2v) is 5.57. The molecule has 0 aliphatic carbocycles. The van der Waals surface area contributed by atoms with Crippen LogP contribution in [-0.2, 0) is 0 Å². The molecule has 1 aromatic carbocycles. The van der Waals surface area contributed by atoms with Crippen LogP contribution < -0.4 is 5.32 Å². The number of piperazine rings is 1. The van der Waals surface area contributed by atoms with Crippen LogP contribution in [0.25, 0.3) is 0 Å². The van der Waals surface area contributed by atoms with E-state index in [1.54, 1.807) is 29.2 Å². The van der Waals surface area contributed by atoms with Crippen LogP contribution in [0.15, 0.2) is 29.2 Å². The fourth-order valence-corrected chi connectivity index (χ4v) is 2.58. The van der Waals surface area contributed by atoms with E-state index >= 15 is 0 Å². The number of alkyl halides is 2. The van der Waals surface area contributed by atoms with Gasteiger partial charge in [-0.3, -0.25) is 4.79 Å². The zero-order valence-corrected chi connectivity index (χ0v) is 11.4. The van der Waals surface area contributed by atoms with Crippen molar-refractivity contribution >= 4 is 17.7 Å². The molecule has 2 rings (SSSR count). The van der Waals surface area contributed by atoms with Crippen LogP contribution in [0.5, 0.6) is 0 Å². The van der Waals surface area contributed by atoms with Crippen LogP contribution >= 0.6 is 11.8 Å². The van der Waals surface area contributed by atoms with Gasteiger partial charge in [-0.15, -0.1) is 0 Å². The molecule has 0 bridgehead atoms. The van der Waals surface area contributed by atoms with Crippen LogP contribution in [0.3, 0.4) is 0 Å². The number of rotatable bonds is 3. The molecular weight excluding hydrogens is 270 g/mol. The highest BCUT2D eigenvalue weighted by Gasteiger charge is 2.21. The minimum atomic E-state index is -2.43. The summed E-state index contributed by atoms with van der Waals surface area (Å²) in [6.45, 7) is 4.16. The summed E-state index contributed by atoms with van der Waals surface area (Å²) in [5, 5.41) is 3.27. The van der Waals surface area contributed by atoms with E-state index in [-0.39, 0.29) is 11.9 Å². The molecule has 1 N–H and O–H groups in total. The van der Waals surface area contributed by atoms with Crippen molar-refractivity contribution in [2.24, 2.45) is 0 Å². The lowest BCUT2D eigenvalue weighted by molar-refractivity contribution is 0.0709. The van der Waals surface area contributed by atoms with Gasteiger partial charge in [-0.25, -0.2) is 0 Å². The summed E-state index contributed by atoms with van der Waals surface area (Å²) in [6.07, 6.45) is 0. The van der Waals surface area contributed by atoms with Crippen molar-refractivity contribution in [3.8, 4) is 0 Å². The molecule has 1 amide bonds. The topological polar surface area (TPSA) is 32.3 Å². The van der Waals surface area contributed by atoms with Gasteiger partial charge in [0.1, 0.15) is 0 Å². The highest BCUT2D eigenvalue weighted by molar-refractivity contribution is 7.99. The van der Waals surface area contributed by atoms with E-state index < -0.39 is 5.76 Å². The maximum atomic E-state index is 12.2.